The molecule has 14 heteroatoms. The maximum Gasteiger partial charge on any atom is 0.262 e. The summed E-state index contributed by atoms with van der Waals surface area (Å²) in [5.41, 5.74) is 2.84. The Kier molecular flexibility index (Phi) is 10.4. The number of nitriles is 1. The van der Waals surface area contributed by atoms with Gasteiger partial charge in [0.15, 0.2) is 0 Å². The lowest BCUT2D eigenvalue weighted by Gasteiger charge is -2.63. The molecule has 1 unspecified atom stereocenters. The van der Waals surface area contributed by atoms with E-state index in [1.165, 1.54) is 0 Å². The number of aryl methyl sites for hydroxylation is 1. The molecule has 0 bridgehead atoms. The monoisotopic (exact) mass is 800 g/mol. The van der Waals surface area contributed by atoms with Gasteiger partial charge in [-0.25, -0.2) is 4.98 Å². The van der Waals surface area contributed by atoms with Crippen LogP contribution in [0.25, 0.3) is 0 Å². The summed E-state index contributed by atoms with van der Waals surface area (Å²) >= 11 is 0. The SMILES string of the molecule is Cc1cc(O[C@H]2C(C)(C)[C@H](NC(=O)c3ccc(N4CCC(CN5CCN(c6ccc7c(c6)C(=O)N(C6CCC(=O)NC6=O)C7=O)CC5)CC4)nc3)C2(C)C)ccc1C#N. The van der Waals surface area contributed by atoms with E-state index in [4.69, 9.17) is 9.72 Å². The number of piperazine rings is 1. The Bertz CT molecular complexity index is 2220. The van der Waals surface area contributed by atoms with E-state index in [9.17, 15) is 29.2 Å². The number of nitrogens with one attached hydrogen (secondary N) is 2. The lowest BCUT2D eigenvalue weighted by Crippen LogP contribution is -2.74. The van der Waals surface area contributed by atoms with Gasteiger partial charge in [0.25, 0.3) is 17.7 Å². The van der Waals surface area contributed by atoms with Crippen molar-refractivity contribution in [1.82, 2.24) is 25.4 Å². The van der Waals surface area contributed by atoms with Crippen LogP contribution in [0.4, 0.5) is 11.5 Å². The minimum absolute atomic E-state index is 0.0896. The third kappa shape index (κ3) is 7.41. The number of ether oxygens (including phenoxy) is 1. The highest BCUT2D eigenvalue weighted by Crippen LogP contribution is 2.55. The Balaban J connectivity index is 0.789. The van der Waals surface area contributed by atoms with Crippen molar-refractivity contribution in [2.75, 3.05) is 55.6 Å². The first kappa shape index (κ1) is 40.0. The molecule has 2 N–H and O–H groups in total. The van der Waals surface area contributed by atoms with E-state index < -0.39 is 29.7 Å². The molecule has 1 aromatic heterocycles. The Morgan fingerprint density at radius 2 is 1.59 bits per heavy atom. The molecule has 5 aliphatic rings. The molecule has 59 heavy (non-hydrogen) atoms. The maximum atomic E-state index is 13.5. The van der Waals surface area contributed by atoms with Crippen molar-refractivity contribution in [2.45, 2.75) is 78.5 Å². The van der Waals surface area contributed by atoms with Gasteiger partial charge in [-0.2, -0.15) is 5.26 Å². The Morgan fingerprint density at radius 3 is 2.24 bits per heavy atom. The van der Waals surface area contributed by atoms with Gasteiger partial charge in [0.05, 0.1) is 28.3 Å². The van der Waals surface area contributed by atoms with Gasteiger partial charge in [-0.15, -0.1) is 0 Å². The number of carbonyl (C=O) groups is 5. The molecule has 14 nitrogen and oxygen atoms in total. The number of amides is 5. The molecule has 4 fully saturated rings. The number of piperidine rings is 2. The van der Waals surface area contributed by atoms with Crippen molar-refractivity contribution in [3.63, 3.8) is 0 Å². The Labute approximate surface area is 344 Å². The summed E-state index contributed by atoms with van der Waals surface area (Å²) in [6.45, 7) is 16.5. The van der Waals surface area contributed by atoms with E-state index in [-0.39, 0.29) is 41.7 Å². The van der Waals surface area contributed by atoms with E-state index in [0.29, 0.717) is 28.2 Å². The largest absolute Gasteiger partial charge is 0.489 e. The highest BCUT2D eigenvalue weighted by molar-refractivity contribution is 6.23. The highest BCUT2D eigenvalue weighted by Gasteiger charge is 2.64. The molecule has 0 spiro atoms. The minimum Gasteiger partial charge on any atom is -0.489 e. The number of hydrogen-bond acceptors (Lipinski definition) is 11. The van der Waals surface area contributed by atoms with Crippen LogP contribution >= 0.6 is 0 Å². The van der Waals surface area contributed by atoms with Crippen LogP contribution in [-0.4, -0.2) is 108 Å². The van der Waals surface area contributed by atoms with E-state index in [0.717, 1.165) is 86.4 Å². The first-order valence-electron chi connectivity index (χ1n) is 20.7. The number of nitrogens with zero attached hydrogens (tertiary/aromatic N) is 6. The molecule has 1 atom stereocenters. The fraction of sp³-hybridized carbons (Fsp3) is 0.489. The quantitative estimate of drug-likeness (QED) is 0.296. The zero-order chi connectivity index (χ0) is 41.8. The number of pyridine rings is 1. The molecule has 3 saturated heterocycles. The van der Waals surface area contributed by atoms with Crippen LogP contribution in [0.2, 0.25) is 0 Å². The van der Waals surface area contributed by atoms with Crippen LogP contribution in [0.3, 0.4) is 0 Å². The van der Waals surface area contributed by atoms with Gasteiger partial charge in [-0.3, -0.25) is 39.1 Å². The first-order valence-corrected chi connectivity index (χ1v) is 20.7. The van der Waals surface area contributed by atoms with Gasteiger partial charge < -0.3 is 19.9 Å². The predicted octanol–water partition coefficient (Wildman–Crippen LogP) is 4.31. The zero-order valence-electron chi connectivity index (χ0n) is 34.4. The van der Waals surface area contributed by atoms with Crippen LogP contribution in [0.5, 0.6) is 5.75 Å². The van der Waals surface area contributed by atoms with Crippen LogP contribution in [0.15, 0.2) is 54.7 Å². The average molecular weight is 801 g/mol. The zero-order valence-corrected chi connectivity index (χ0v) is 34.4. The van der Waals surface area contributed by atoms with Crippen molar-refractivity contribution in [1.29, 1.82) is 5.26 Å². The maximum absolute atomic E-state index is 13.5. The molecule has 5 heterocycles. The molecule has 5 amide bonds. The summed E-state index contributed by atoms with van der Waals surface area (Å²) in [5, 5.41) is 14.8. The highest BCUT2D eigenvalue weighted by atomic mass is 16.5. The third-order valence-corrected chi connectivity index (χ3v) is 13.3. The van der Waals surface area contributed by atoms with Gasteiger partial charge in [-0.05, 0) is 86.2 Å². The lowest BCUT2D eigenvalue weighted by atomic mass is 9.49. The van der Waals surface area contributed by atoms with Crippen LogP contribution < -0.4 is 25.2 Å². The van der Waals surface area contributed by atoms with Crippen molar-refractivity contribution in [3.05, 3.63) is 82.5 Å². The van der Waals surface area contributed by atoms with E-state index in [1.807, 2.05) is 37.3 Å². The van der Waals surface area contributed by atoms with Crippen molar-refractivity contribution in [3.8, 4) is 11.8 Å². The third-order valence-electron chi connectivity index (χ3n) is 13.3. The topological polar surface area (TPSA) is 168 Å². The fourth-order valence-corrected chi connectivity index (χ4v) is 10.2. The number of benzene rings is 2. The summed E-state index contributed by atoms with van der Waals surface area (Å²) in [7, 11) is 0. The smallest absolute Gasteiger partial charge is 0.262 e. The second-order valence-corrected chi connectivity index (χ2v) is 17.9. The lowest BCUT2D eigenvalue weighted by molar-refractivity contribution is -0.164. The molecule has 308 valence electrons. The number of carbonyl (C=O) groups excluding carboxylic acids is 5. The molecule has 1 aliphatic carbocycles. The molecule has 0 radical (unpaired) electrons. The van der Waals surface area contributed by atoms with Crippen LogP contribution in [0, 0.1) is 35.0 Å². The second kappa shape index (κ2) is 15.4. The van der Waals surface area contributed by atoms with Gasteiger partial charge in [-0.1, -0.05) is 27.7 Å². The molecular formula is C45H52N8O6. The van der Waals surface area contributed by atoms with Gasteiger partial charge in [0.1, 0.15) is 23.7 Å². The Hall–Kier alpha value is -5.81. The van der Waals surface area contributed by atoms with E-state index >= 15 is 0 Å². The summed E-state index contributed by atoms with van der Waals surface area (Å²) in [6, 6.07) is 15.7. The molecule has 8 rings (SSSR count). The van der Waals surface area contributed by atoms with Gasteiger partial charge in [0, 0.05) is 81.0 Å². The van der Waals surface area contributed by atoms with E-state index in [2.05, 4.69) is 59.1 Å². The van der Waals surface area contributed by atoms with Crippen molar-refractivity contribution < 1.29 is 28.7 Å². The minimum atomic E-state index is -0.976. The van der Waals surface area contributed by atoms with Gasteiger partial charge in [0.2, 0.25) is 11.8 Å². The van der Waals surface area contributed by atoms with Gasteiger partial charge >= 0.3 is 0 Å². The fourth-order valence-electron chi connectivity index (χ4n) is 10.2. The standard InChI is InChI=1S/C45H52N8O6/c1-27-22-32(9-6-29(27)24-46)59-43-44(2,3)42(45(43,4)5)49-38(55)30-7-12-36(47-25-30)52-16-14-28(15-17-52)26-50-18-20-51(21-19-50)31-8-10-33-34(23-31)41(58)53(40(33)57)35-11-13-37(54)48-39(35)56/h6-10,12,22-23,25,28,35,42-43H,11,13-21,26H2,1-5H3,(H,49,55)(H,48,54,56)/t35?,42-,43-. The molecule has 4 aliphatic heterocycles. The number of imide groups is 2. The normalized spacial score (nSPS) is 24.3. The number of fused-ring (bicyclic) bond motifs is 1. The van der Waals surface area contributed by atoms with Crippen LogP contribution in [-0.2, 0) is 9.59 Å². The first-order chi connectivity index (χ1) is 28.1. The van der Waals surface area contributed by atoms with Crippen molar-refractivity contribution >= 4 is 41.0 Å². The van der Waals surface area contributed by atoms with E-state index in [1.54, 1.807) is 24.4 Å². The molecule has 1 saturated carbocycles. The Morgan fingerprint density at radius 1 is 0.881 bits per heavy atom. The molecule has 2 aromatic carbocycles. The van der Waals surface area contributed by atoms with Crippen LogP contribution in [0.1, 0.15) is 95.6 Å². The number of rotatable bonds is 9. The summed E-state index contributed by atoms with van der Waals surface area (Å²) in [4.78, 5) is 76.8. The number of hydrogen-bond donors (Lipinski definition) is 2. The number of aromatic nitrogens is 1. The average Bonchev–Trinajstić information content (AvgIpc) is 3.47. The van der Waals surface area contributed by atoms with Crippen molar-refractivity contribution in [2.24, 2.45) is 16.7 Å². The second-order valence-electron chi connectivity index (χ2n) is 17.9. The number of anilines is 2. The molecule has 3 aromatic rings. The molecular weight excluding hydrogens is 749 g/mol. The summed E-state index contributed by atoms with van der Waals surface area (Å²) in [5.74, 6) is 0.0181. The summed E-state index contributed by atoms with van der Waals surface area (Å²) < 4.78 is 6.45. The predicted molar refractivity (Wildman–Crippen MR) is 220 cm³/mol. The summed E-state index contributed by atoms with van der Waals surface area (Å²) in [6.07, 6.45) is 3.85.